The lowest BCUT2D eigenvalue weighted by atomic mass is 10.0. The van der Waals surface area contributed by atoms with Gasteiger partial charge in [0.1, 0.15) is 18.4 Å². The Morgan fingerprint density at radius 2 is 1.50 bits per heavy atom. The summed E-state index contributed by atoms with van der Waals surface area (Å²) in [6, 6.07) is 27.6. The minimum absolute atomic E-state index is 0.0230. The van der Waals surface area contributed by atoms with Crippen LogP contribution in [0.25, 0.3) is 0 Å². The molecule has 0 fully saturated rings. The van der Waals surface area contributed by atoms with Gasteiger partial charge in [0, 0.05) is 30.0 Å². The Kier molecular flexibility index (Phi) is 12.0. The highest BCUT2D eigenvalue weighted by Crippen LogP contribution is 2.27. The van der Waals surface area contributed by atoms with E-state index in [0.717, 1.165) is 20.3 Å². The summed E-state index contributed by atoms with van der Waals surface area (Å²) in [7, 11) is -4.23. The predicted octanol–water partition coefficient (Wildman–Crippen LogP) is 6.46. The van der Waals surface area contributed by atoms with E-state index in [-0.39, 0.29) is 29.3 Å². The van der Waals surface area contributed by atoms with Gasteiger partial charge in [0.05, 0.1) is 10.6 Å². The zero-order valence-corrected chi connectivity index (χ0v) is 28.2. The van der Waals surface area contributed by atoms with Crippen molar-refractivity contribution in [3.8, 4) is 0 Å². The number of halogens is 1. The van der Waals surface area contributed by atoms with Gasteiger partial charge in [-0.05, 0) is 67.1 Å². The van der Waals surface area contributed by atoms with Gasteiger partial charge in [-0.3, -0.25) is 13.9 Å². The van der Waals surface area contributed by atoms with Crippen LogP contribution in [0.5, 0.6) is 0 Å². The Morgan fingerprint density at radius 1 is 0.870 bits per heavy atom. The molecule has 4 rings (SSSR count). The van der Waals surface area contributed by atoms with Crippen LogP contribution in [0.1, 0.15) is 30.5 Å². The van der Waals surface area contributed by atoms with E-state index in [9.17, 15) is 18.0 Å². The number of benzene rings is 4. The lowest BCUT2D eigenvalue weighted by molar-refractivity contribution is -0.140. The van der Waals surface area contributed by atoms with Gasteiger partial charge in [-0.2, -0.15) is 0 Å². The van der Waals surface area contributed by atoms with E-state index < -0.39 is 40.2 Å². The van der Waals surface area contributed by atoms with Crippen LogP contribution < -0.4 is 9.62 Å². The van der Waals surface area contributed by atoms with Gasteiger partial charge in [0.15, 0.2) is 0 Å². The van der Waals surface area contributed by atoms with Crippen molar-refractivity contribution in [2.75, 3.05) is 23.7 Å². The molecule has 242 valence electrons. The largest absolute Gasteiger partial charge is 0.354 e. The number of thioether (sulfide) groups is 1. The number of rotatable bonds is 14. The third kappa shape index (κ3) is 8.98. The quantitative estimate of drug-likeness (QED) is 0.157. The second-order valence-corrected chi connectivity index (χ2v) is 14.2. The molecule has 7 nitrogen and oxygen atoms in total. The molecule has 2 amide bonds. The Balaban J connectivity index is 1.80. The molecule has 0 saturated carbocycles. The number of hydrogen-bond acceptors (Lipinski definition) is 5. The predicted molar refractivity (Wildman–Crippen MR) is 183 cm³/mol. The molecular formula is C36H40FN3O4S2. The van der Waals surface area contributed by atoms with Crippen LogP contribution in [0.2, 0.25) is 0 Å². The van der Waals surface area contributed by atoms with Crippen LogP contribution >= 0.6 is 11.8 Å². The van der Waals surface area contributed by atoms with Crippen LogP contribution in [-0.4, -0.2) is 50.5 Å². The number of nitrogens with zero attached hydrogens (tertiary/aromatic N) is 2. The normalized spacial score (nSPS) is 12.0. The van der Waals surface area contributed by atoms with E-state index in [1.165, 1.54) is 34.9 Å². The molecule has 0 saturated heterocycles. The van der Waals surface area contributed by atoms with Crippen molar-refractivity contribution in [2.45, 2.75) is 49.6 Å². The third-order valence-electron chi connectivity index (χ3n) is 7.50. The summed E-state index contributed by atoms with van der Waals surface area (Å²) in [6.45, 7) is 5.35. The number of carbonyl (C=O) groups is 2. The van der Waals surface area contributed by atoms with Gasteiger partial charge in [-0.25, -0.2) is 12.8 Å². The molecule has 0 aliphatic rings. The molecule has 1 N–H and O–H groups in total. The monoisotopic (exact) mass is 661 g/mol. The van der Waals surface area contributed by atoms with Crippen LogP contribution in [0, 0.1) is 18.7 Å². The summed E-state index contributed by atoms with van der Waals surface area (Å²) in [5, 5.41) is 2.94. The molecule has 0 spiro atoms. The SMILES string of the molecule is CSc1ccc(S(=O)(=O)N(CC(=O)N(Cc2ccccc2F)[C@@H](Cc2ccccc2)C(=O)NCC(C)C)c2ccc(C)cc2)cc1. The van der Waals surface area contributed by atoms with Crippen molar-refractivity contribution in [3.05, 3.63) is 126 Å². The lowest BCUT2D eigenvalue weighted by Gasteiger charge is -2.34. The number of hydrogen-bond donors (Lipinski definition) is 1. The van der Waals surface area contributed by atoms with Crippen molar-refractivity contribution in [1.82, 2.24) is 10.2 Å². The first-order valence-electron chi connectivity index (χ1n) is 15.1. The Hall–Kier alpha value is -4.15. The number of nitrogens with one attached hydrogen (secondary N) is 1. The number of anilines is 1. The van der Waals surface area contributed by atoms with E-state index in [1.54, 1.807) is 54.6 Å². The van der Waals surface area contributed by atoms with Crippen LogP contribution in [0.15, 0.2) is 113 Å². The van der Waals surface area contributed by atoms with Crippen molar-refractivity contribution < 1.29 is 22.4 Å². The maximum Gasteiger partial charge on any atom is 0.264 e. The highest BCUT2D eigenvalue weighted by Gasteiger charge is 2.35. The number of sulfonamides is 1. The second kappa shape index (κ2) is 15.9. The molecule has 4 aromatic rings. The zero-order chi connectivity index (χ0) is 33.3. The molecule has 46 heavy (non-hydrogen) atoms. The Bertz CT molecular complexity index is 1710. The topological polar surface area (TPSA) is 86.8 Å². The van der Waals surface area contributed by atoms with E-state index in [2.05, 4.69) is 5.32 Å². The summed E-state index contributed by atoms with van der Waals surface area (Å²) in [6.07, 6.45) is 2.05. The fourth-order valence-electron chi connectivity index (χ4n) is 4.90. The summed E-state index contributed by atoms with van der Waals surface area (Å²) < 4.78 is 44.4. The van der Waals surface area contributed by atoms with Crippen molar-refractivity contribution in [1.29, 1.82) is 0 Å². The molecule has 0 aliphatic carbocycles. The highest BCUT2D eigenvalue weighted by atomic mass is 32.2. The van der Waals surface area contributed by atoms with Gasteiger partial charge in [-0.1, -0.05) is 80.1 Å². The van der Waals surface area contributed by atoms with E-state index in [1.807, 2.05) is 57.4 Å². The summed E-state index contributed by atoms with van der Waals surface area (Å²) in [5.41, 5.74) is 2.23. The molecule has 0 unspecified atom stereocenters. The van der Waals surface area contributed by atoms with Crippen molar-refractivity contribution in [2.24, 2.45) is 5.92 Å². The average Bonchev–Trinajstić information content (AvgIpc) is 3.05. The molecule has 0 heterocycles. The molecule has 0 aliphatic heterocycles. The fourth-order valence-corrected chi connectivity index (χ4v) is 6.72. The molecule has 10 heteroatoms. The minimum Gasteiger partial charge on any atom is -0.354 e. The van der Waals surface area contributed by atoms with Gasteiger partial charge >= 0.3 is 0 Å². The number of amides is 2. The van der Waals surface area contributed by atoms with Crippen LogP contribution in [0.4, 0.5) is 10.1 Å². The first-order valence-corrected chi connectivity index (χ1v) is 17.7. The summed E-state index contributed by atoms with van der Waals surface area (Å²) in [4.78, 5) is 30.5. The Morgan fingerprint density at radius 3 is 2.11 bits per heavy atom. The van der Waals surface area contributed by atoms with Gasteiger partial charge < -0.3 is 10.2 Å². The lowest BCUT2D eigenvalue weighted by Crippen LogP contribution is -2.53. The van der Waals surface area contributed by atoms with Gasteiger partial charge in [0.2, 0.25) is 11.8 Å². The second-order valence-electron chi connectivity index (χ2n) is 11.5. The standard InChI is InChI=1S/C36H40FN3O4S2/c1-26(2)23-38-36(42)34(22-28-10-6-5-7-11-28)39(24-29-12-8-9-13-33(29)37)35(41)25-40(30-16-14-27(3)15-17-30)46(43,44)32-20-18-31(45-4)19-21-32/h5-21,26,34H,22-25H2,1-4H3,(H,38,42)/t34-/m0/s1. The molecule has 1 atom stereocenters. The van der Waals surface area contributed by atoms with Gasteiger partial charge in [-0.15, -0.1) is 11.8 Å². The van der Waals surface area contributed by atoms with E-state index >= 15 is 4.39 Å². The third-order valence-corrected chi connectivity index (χ3v) is 10.0. The van der Waals surface area contributed by atoms with Crippen LogP contribution in [0.3, 0.4) is 0 Å². The first-order chi connectivity index (χ1) is 22.0. The minimum atomic E-state index is -4.23. The van der Waals surface area contributed by atoms with Gasteiger partial charge in [0.25, 0.3) is 10.0 Å². The molecule has 0 radical (unpaired) electrons. The number of aryl methyl sites for hydroxylation is 1. The van der Waals surface area contributed by atoms with E-state index in [0.29, 0.717) is 12.2 Å². The van der Waals surface area contributed by atoms with Crippen molar-refractivity contribution in [3.63, 3.8) is 0 Å². The van der Waals surface area contributed by atoms with Crippen LogP contribution in [-0.2, 0) is 32.6 Å². The number of carbonyl (C=O) groups excluding carboxylic acids is 2. The van der Waals surface area contributed by atoms with Crippen molar-refractivity contribution >= 4 is 39.3 Å². The molecule has 0 bridgehead atoms. The smallest absolute Gasteiger partial charge is 0.264 e. The maximum absolute atomic E-state index is 15.0. The molecule has 4 aromatic carbocycles. The van der Waals surface area contributed by atoms with E-state index in [4.69, 9.17) is 0 Å². The Labute approximate surface area is 275 Å². The first kappa shape index (κ1) is 34.7. The molecule has 0 aromatic heterocycles. The molecular weight excluding hydrogens is 622 g/mol. The summed E-state index contributed by atoms with van der Waals surface area (Å²) in [5.74, 6) is -1.43. The average molecular weight is 662 g/mol. The summed E-state index contributed by atoms with van der Waals surface area (Å²) >= 11 is 1.49. The maximum atomic E-state index is 15.0. The fraction of sp³-hybridized carbons (Fsp3) is 0.278. The zero-order valence-electron chi connectivity index (χ0n) is 26.5. The highest BCUT2D eigenvalue weighted by molar-refractivity contribution is 7.98.